The van der Waals surface area contributed by atoms with E-state index in [1.54, 1.807) is 6.92 Å². The van der Waals surface area contributed by atoms with Crippen LogP contribution in [0, 0.1) is 5.92 Å². The molecule has 0 aromatic rings. The summed E-state index contributed by atoms with van der Waals surface area (Å²) < 4.78 is 0. The Kier molecular flexibility index (Phi) is 1.73. The third-order valence-electron chi connectivity index (χ3n) is 2.75. The largest absolute Gasteiger partial charge is 0.393 e. The zero-order valence-corrected chi connectivity index (χ0v) is 7.33. The Bertz CT molecular complexity index is 291. The molecule has 0 fully saturated rings. The number of amides is 2. The molecule has 2 amide bonds. The van der Waals surface area contributed by atoms with Gasteiger partial charge in [0.2, 0.25) is 0 Å². The number of aliphatic hydroxyl groups is 1. The fourth-order valence-electron chi connectivity index (χ4n) is 1.90. The van der Waals surface area contributed by atoms with Crippen molar-refractivity contribution in [2.24, 2.45) is 5.92 Å². The Balaban J connectivity index is 2.21. The van der Waals surface area contributed by atoms with Crippen molar-refractivity contribution < 1.29 is 14.7 Å². The highest BCUT2D eigenvalue weighted by Crippen LogP contribution is 2.36. The molecule has 0 saturated carbocycles. The van der Waals surface area contributed by atoms with Crippen LogP contribution in [0.2, 0.25) is 0 Å². The van der Waals surface area contributed by atoms with Crippen molar-refractivity contribution in [3.05, 3.63) is 11.1 Å². The van der Waals surface area contributed by atoms with Gasteiger partial charge in [-0.3, -0.25) is 14.9 Å². The van der Waals surface area contributed by atoms with Crippen LogP contribution in [0.15, 0.2) is 11.1 Å². The molecule has 1 aliphatic carbocycles. The molecule has 70 valence electrons. The predicted molar refractivity (Wildman–Crippen MR) is 44.6 cm³/mol. The number of carbonyl (C=O) groups excluding carboxylic acids is 2. The van der Waals surface area contributed by atoms with Gasteiger partial charge in [0, 0.05) is 11.1 Å². The lowest BCUT2D eigenvalue weighted by molar-refractivity contribution is -0.124. The second-order valence-electron chi connectivity index (χ2n) is 3.65. The molecule has 0 radical (unpaired) electrons. The molecule has 4 heteroatoms. The first-order valence-corrected chi connectivity index (χ1v) is 4.35. The van der Waals surface area contributed by atoms with Crippen LogP contribution in [0.3, 0.4) is 0 Å². The summed E-state index contributed by atoms with van der Waals surface area (Å²) in [7, 11) is 0. The molecular weight excluding hydrogens is 170 g/mol. The molecule has 0 aromatic carbocycles. The second-order valence-corrected chi connectivity index (χ2v) is 3.65. The van der Waals surface area contributed by atoms with Crippen molar-refractivity contribution in [2.45, 2.75) is 25.9 Å². The van der Waals surface area contributed by atoms with Crippen LogP contribution in [-0.2, 0) is 9.59 Å². The zero-order valence-electron chi connectivity index (χ0n) is 7.33. The monoisotopic (exact) mass is 181 g/mol. The van der Waals surface area contributed by atoms with Crippen molar-refractivity contribution in [2.75, 3.05) is 0 Å². The van der Waals surface area contributed by atoms with Gasteiger partial charge in [-0.25, -0.2) is 0 Å². The standard InChI is InChI=1S/C9H11NO3/c1-4(11)5-2-6-7(3-5)9(13)10-8(6)12/h4-5,11H,2-3H2,1H3,(H,10,12,13). The molecule has 13 heavy (non-hydrogen) atoms. The maximum atomic E-state index is 11.2. The Morgan fingerprint density at radius 2 is 1.77 bits per heavy atom. The van der Waals surface area contributed by atoms with E-state index in [0.717, 1.165) is 0 Å². The van der Waals surface area contributed by atoms with Gasteiger partial charge in [0.05, 0.1) is 6.10 Å². The van der Waals surface area contributed by atoms with Gasteiger partial charge in [-0.2, -0.15) is 0 Å². The van der Waals surface area contributed by atoms with Gasteiger partial charge in [0.25, 0.3) is 11.8 Å². The Labute approximate surface area is 75.6 Å². The van der Waals surface area contributed by atoms with E-state index in [0.29, 0.717) is 24.0 Å². The number of carbonyl (C=O) groups is 2. The van der Waals surface area contributed by atoms with Gasteiger partial charge in [-0.05, 0) is 25.7 Å². The van der Waals surface area contributed by atoms with E-state index >= 15 is 0 Å². The van der Waals surface area contributed by atoms with Gasteiger partial charge in [0.15, 0.2) is 0 Å². The highest BCUT2D eigenvalue weighted by Gasteiger charge is 2.39. The number of nitrogens with one attached hydrogen (secondary N) is 1. The predicted octanol–water partition coefficient (Wildman–Crippen LogP) is -0.270. The van der Waals surface area contributed by atoms with Crippen molar-refractivity contribution >= 4 is 11.8 Å². The first kappa shape index (κ1) is 8.44. The molecule has 2 aliphatic rings. The molecule has 1 aliphatic heterocycles. The summed E-state index contributed by atoms with van der Waals surface area (Å²) in [6, 6.07) is 0. The minimum Gasteiger partial charge on any atom is -0.393 e. The van der Waals surface area contributed by atoms with Crippen LogP contribution >= 0.6 is 0 Å². The van der Waals surface area contributed by atoms with Gasteiger partial charge < -0.3 is 5.11 Å². The van der Waals surface area contributed by atoms with Crippen LogP contribution in [0.4, 0.5) is 0 Å². The smallest absolute Gasteiger partial charge is 0.254 e. The molecule has 2 N–H and O–H groups in total. The minimum atomic E-state index is -0.453. The molecule has 2 rings (SSSR count). The molecule has 1 atom stereocenters. The van der Waals surface area contributed by atoms with E-state index in [1.807, 2.05) is 0 Å². The van der Waals surface area contributed by atoms with Crippen LogP contribution < -0.4 is 5.32 Å². The van der Waals surface area contributed by atoms with E-state index in [-0.39, 0.29) is 17.7 Å². The number of rotatable bonds is 1. The zero-order chi connectivity index (χ0) is 9.59. The molecule has 1 unspecified atom stereocenters. The summed E-state index contributed by atoms with van der Waals surface area (Å²) in [5.41, 5.74) is 1.16. The topological polar surface area (TPSA) is 66.4 Å². The van der Waals surface area contributed by atoms with Crippen LogP contribution in [0.1, 0.15) is 19.8 Å². The normalized spacial score (nSPS) is 25.1. The van der Waals surface area contributed by atoms with E-state index < -0.39 is 6.10 Å². The van der Waals surface area contributed by atoms with E-state index in [1.165, 1.54) is 0 Å². The highest BCUT2D eigenvalue weighted by molar-refractivity contribution is 6.20. The van der Waals surface area contributed by atoms with E-state index in [9.17, 15) is 14.7 Å². The maximum Gasteiger partial charge on any atom is 0.254 e. The van der Waals surface area contributed by atoms with Gasteiger partial charge in [-0.1, -0.05) is 0 Å². The summed E-state index contributed by atoms with van der Waals surface area (Å²) in [5.74, 6) is -0.508. The Morgan fingerprint density at radius 3 is 2.15 bits per heavy atom. The fraction of sp³-hybridized carbons (Fsp3) is 0.556. The summed E-state index contributed by atoms with van der Waals surface area (Å²) in [5, 5.41) is 11.6. The van der Waals surface area contributed by atoms with Crippen molar-refractivity contribution in [3.8, 4) is 0 Å². The average Bonchev–Trinajstić information content (AvgIpc) is 2.55. The number of aliphatic hydroxyl groups excluding tert-OH is 1. The lowest BCUT2D eigenvalue weighted by atomic mass is 9.98. The van der Waals surface area contributed by atoms with Crippen LogP contribution in [-0.4, -0.2) is 23.0 Å². The first-order chi connectivity index (χ1) is 6.09. The van der Waals surface area contributed by atoms with E-state index in [4.69, 9.17) is 0 Å². The summed E-state index contributed by atoms with van der Waals surface area (Å²) >= 11 is 0. The second kappa shape index (κ2) is 2.67. The van der Waals surface area contributed by atoms with Crippen LogP contribution in [0.25, 0.3) is 0 Å². The summed E-state index contributed by atoms with van der Waals surface area (Å²) in [6.45, 7) is 1.69. The maximum absolute atomic E-state index is 11.2. The average molecular weight is 181 g/mol. The SMILES string of the molecule is CC(O)C1CC2=C(C1)C(=O)NC2=O. The highest BCUT2D eigenvalue weighted by atomic mass is 16.3. The molecular formula is C9H11NO3. The quantitative estimate of drug-likeness (QED) is 0.547. The first-order valence-electron chi connectivity index (χ1n) is 4.35. The number of hydrogen-bond donors (Lipinski definition) is 2. The molecule has 1 heterocycles. The molecule has 0 aromatic heterocycles. The van der Waals surface area contributed by atoms with Crippen LogP contribution in [0.5, 0.6) is 0 Å². The van der Waals surface area contributed by atoms with E-state index in [2.05, 4.69) is 5.32 Å². The third kappa shape index (κ3) is 1.18. The molecule has 4 nitrogen and oxygen atoms in total. The van der Waals surface area contributed by atoms with Crippen molar-refractivity contribution in [1.29, 1.82) is 0 Å². The summed E-state index contributed by atoms with van der Waals surface area (Å²) in [6.07, 6.45) is 0.612. The van der Waals surface area contributed by atoms with Gasteiger partial charge in [-0.15, -0.1) is 0 Å². The Hall–Kier alpha value is -1.16. The summed E-state index contributed by atoms with van der Waals surface area (Å²) in [4.78, 5) is 22.3. The molecule has 0 bridgehead atoms. The molecule has 0 spiro atoms. The van der Waals surface area contributed by atoms with Crippen molar-refractivity contribution in [3.63, 3.8) is 0 Å². The minimum absolute atomic E-state index is 0.0417. The fourth-order valence-corrected chi connectivity index (χ4v) is 1.90. The third-order valence-corrected chi connectivity index (χ3v) is 2.75. The molecule has 0 saturated heterocycles. The van der Waals surface area contributed by atoms with Crippen molar-refractivity contribution in [1.82, 2.24) is 5.32 Å². The van der Waals surface area contributed by atoms with Gasteiger partial charge in [0.1, 0.15) is 0 Å². The van der Waals surface area contributed by atoms with Gasteiger partial charge >= 0.3 is 0 Å². The number of imide groups is 1. The Morgan fingerprint density at radius 1 is 1.31 bits per heavy atom. The lowest BCUT2D eigenvalue weighted by Crippen LogP contribution is -2.27. The number of hydrogen-bond acceptors (Lipinski definition) is 3. The lowest BCUT2D eigenvalue weighted by Gasteiger charge is -2.14.